The molecule has 2 aliphatic heterocycles. The van der Waals surface area contributed by atoms with Crippen LogP contribution < -0.4 is 14.8 Å². The zero-order valence-corrected chi connectivity index (χ0v) is 15.8. The van der Waals surface area contributed by atoms with Gasteiger partial charge in [0.05, 0.1) is 0 Å². The van der Waals surface area contributed by atoms with Gasteiger partial charge in [-0.15, -0.1) is 0 Å². The van der Waals surface area contributed by atoms with Gasteiger partial charge in [0.15, 0.2) is 11.5 Å². The predicted molar refractivity (Wildman–Crippen MR) is 105 cm³/mol. The molecule has 2 aromatic rings. The first kappa shape index (κ1) is 18.4. The molecule has 1 saturated heterocycles. The fourth-order valence-corrected chi connectivity index (χ4v) is 3.93. The summed E-state index contributed by atoms with van der Waals surface area (Å²) in [4.78, 5) is 2.43. The second-order valence-electron chi connectivity index (χ2n) is 7.64. The van der Waals surface area contributed by atoms with E-state index < -0.39 is 5.87 Å². The van der Waals surface area contributed by atoms with Crippen molar-refractivity contribution >= 4 is 7.85 Å². The van der Waals surface area contributed by atoms with Crippen molar-refractivity contribution in [2.75, 3.05) is 19.6 Å². The largest absolute Gasteiger partial charge is 0.435 e. The summed E-state index contributed by atoms with van der Waals surface area (Å²) in [7, 11) is 5.48. The molecule has 0 saturated carbocycles. The van der Waals surface area contributed by atoms with Crippen LogP contribution in [0.15, 0.2) is 42.5 Å². The normalized spacial score (nSPS) is 25.1. The van der Waals surface area contributed by atoms with Crippen LogP contribution in [-0.2, 0) is 6.54 Å². The van der Waals surface area contributed by atoms with E-state index in [9.17, 15) is 5.11 Å². The van der Waals surface area contributed by atoms with Gasteiger partial charge in [0.2, 0.25) is 7.85 Å². The fourth-order valence-electron chi connectivity index (χ4n) is 3.93. The Bertz CT molecular complexity index is 825. The second-order valence-corrected chi connectivity index (χ2v) is 7.64. The SMILES string of the molecule is [B]C1(O)Oc2ccc(CN3CCNC(c4ccccc4C(C)C)C3)cc2O1. The number of hydrogen-bond acceptors (Lipinski definition) is 5. The van der Waals surface area contributed by atoms with Crippen LogP contribution in [0.3, 0.4) is 0 Å². The highest BCUT2D eigenvalue weighted by atomic mass is 16.8. The summed E-state index contributed by atoms with van der Waals surface area (Å²) in [5, 5.41) is 13.3. The minimum atomic E-state index is -2.07. The molecule has 0 spiro atoms. The lowest BCUT2D eigenvalue weighted by molar-refractivity contribution is -0.178. The molecule has 2 heterocycles. The molecule has 2 radical (unpaired) electrons. The van der Waals surface area contributed by atoms with E-state index in [1.54, 1.807) is 6.07 Å². The molecule has 27 heavy (non-hydrogen) atoms. The maximum absolute atomic E-state index is 9.67. The van der Waals surface area contributed by atoms with Crippen molar-refractivity contribution in [3.8, 4) is 11.5 Å². The molecule has 1 fully saturated rings. The minimum Gasteiger partial charge on any atom is -0.435 e. The van der Waals surface area contributed by atoms with Gasteiger partial charge in [0, 0.05) is 32.2 Å². The Morgan fingerprint density at radius 1 is 1.22 bits per heavy atom. The lowest BCUT2D eigenvalue weighted by atomic mass is 9.92. The van der Waals surface area contributed by atoms with Crippen LogP contribution in [0.4, 0.5) is 0 Å². The van der Waals surface area contributed by atoms with Crippen molar-refractivity contribution in [2.45, 2.75) is 38.2 Å². The summed E-state index contributed by atoms with van der Waals surface area (Å²) in [5.41, 5.74) is 3.89. The number of aliphatic hydroxyl groups is 1. The third kappa shape index (κ3) is 3.98. The Morgan fingerprint density at radius 2 is 2.00 bits per heavy atom. The van der Waals surface area contributed by atoms with Gasteiger partial charge in [0.25, 0.3) is 0 Å². The lowest BCUT2D eigenvalue weighted by Crippen LogP contribution is -2.45. The van der Waals surface area contributed by atoms with E-state index in [-0.39, 0.29) is 0 Å². The van der Waals surface area contributed by atoms with Crippen molar-refractivity contribution < 1.29 is 14.6 Å². The van der Waals surface area contributed by atoms with Gasteiger partial charge >= 0.3 is 5.87 Å². The molecule has 2 aliphatic rings. The fraction of sp³-hybridized carbons (Fsp3) is 0.429. The summed E-state index contributed by atoms with van der Waals surface area (Å²) < 4.78 is 10.4. The molecule has 6 heteroatoms. The topological polar surface area (TPSA) is 54.0 Å². The Hall–Kier alpha value is -2.02. The molecule has 2 N–H and O–H groups in total. The molecule has 2 aromatic carbocycles. The maximum atomic E-state index is 9.67. The van der Waals surface area contributed by atoms with Crippen LogP contribution in [-0.4, -0.2) is 43.4 Å². The zero-order chi connectivity index (χ0) is 19.0. The average Bonchev–Trinajstić information content (AvgIpc) is 2.95. The number of benzene rings is 2. The van der Waals surface area contributed by atoms with Crippen molar-refractivity contribution in [3.63, 3.8) is 0 Å². The van der Waals surface area contributed by atoms with Crippen molar-refractivity contribution in [1.82, 2.24) is 10.2 Å². The first-order valence-electron chi connectivity index (χ1n) is 9.48. The molecule has 0 amide bonds. The quantitative estimate of drug-likeness (QED) is 0.817. The highest BCUT2D eigenvalue weighted by Crippen LogP contribution is 2.38. The Labute approximate surface area is 161 Å². The van der Waals surface area contributed by atoms with E-state index in [0.717, 1.165) is 31.7 Å². The molecule has 5 nitrogen and oxygen atoms in total. The molecule has 0 aromatic heterocycles. The molecular formula is C21H25BN2O3. The van der Waals surface area contributed by atoms with Gasteiger partial charge in [-0.1, -0.05) is 44.2 Å². The number of nitrogens with zero attached hydrogens (tertiary/aromatic N) is 1. The number of piperazine rings is 1. The second kappa shape index (κ2) is 7.19. The Morgan fingerprint density at radius 3 is 2.81 bits per heavy atom. The van der Waals surface area contributed by atoms with Crippen LogP contribution in [0.2, 0.25) is 0 Å². The van der Waals surface area contributed by atoms with E-state index in [4.69, 9.17) is 17.3 Å². The van der Waals surface area contributed by atoms with Gasteiger partial charge in [0.1, 0.15) is 0 Å². The van der Waals surface area contributed by atoms with E-state index in [0.29, 0.717) is 23.5 Å². The Balaban J connectivity index is 1.47. The third-order valence-corrected chi connectivity index (χ3v) is 5.18. The monoisotopic (exact) mass is 364 g/mol. The Kier molecular flexibility index (Phi) is 4.89. The van der Waals surface area contributed by atoms with Crippen molar-refractivity contribution in [3.05, 3.63) is 59.2 Å². The molecule has 2 unspecified atom stereocenters. The molecule has 0 aliphatic carbocycles. The minimum absolute atomic E-state index is 0.320. The molecule has 4 rings (SSSR count). The lowest BCUT2D eigenvalue weighted by Gasteiger charge is -2.35. The van der Waals surface area contributed by atoms with Gasteiger partial charge in [-0.25, -0.2) is 0 Å². The van der Waals surface area contributed by atoms with Crippen molar-refractivity contribution in [1.29, 1.82) is 0 Å². The van der Waals surface area contributed by atoms with E-state index >= 15 is 0 Å². The number of rotatable bonds is 4. The number of nitrogens with one attached hydrogen (secondary N) is 1. The number of ether oxygens (including phenoxy) is 2. The molecular weight excluding hydrogens is 339 g/mol. The summed E-state index contributed by atoms with van der Waals surface area (Å²) in [6.07, 6.45) is 0. The highest BCUT2D eigenvalue weighted by molar-refractivity contribution is 6.12. The average molecular weight is 364 g/mol. The highest BCUT2D eigenvalue weighted by Gasteiger charge is 2.33. The number of hydrogen-bond donors (Lipinski definition) is 2. The first-order chi connectivity index (χ1) is 12.9. The van der Waals surface area contributed by atoms with Gasteiger partial charge in [-0.05, 0) is 34.7 Å². The summed E-state index contributed by atoms with van der Waals surface area (Å²) in [5.74, 6) is -0.619. The first-order valence-corrected chi connectivity index (χ1v) is 9.48. The van der Waals surface area contributed by atoms with E-state index in [1.807, 2.05) is 12.1 Å². The zero-order valence-electron chi connectivity index (χ0n) is 15.8. The van der Waals surface area contributed by atoms with Gasteiger partial charge < -0.3 is 19.9 Å². The molecule has 2 atom stereocenters. The maximum Gasteiger partial charge on any atom is 0.302 e. The summed E-state index contributed by atoms with van der Waals surface area (Å²) >= 11 is 0. The van der Waals surface area contributed by atoms with Gasteiger partial charge in [-0.2, -0.15) is 0 Å². The van der Waals surface area contributed by atoms with Crippen LogP contribution in [0, 0.1) is 0 Å². The number of fused-ring (bicyclic) bond motifs is 1. The van der Waals surface area contributed by atoms with Crippen LogP contribution >= 0.6 is 0 Å². The van der Waals surface area contributed by atoms with E-state index in [2.05, 4.69) is 48.3 Å². The molecule has 140 valence electrons. The summed E-state index contributed by atoms with van der Waals surface area (Å²) in [6.45, 7) is 8.16. The molecule has 0 bridgehead atoms. The predicted octanol–water partition coefficient (Wildman–Crippen LogP) is 2.50. The third-order valence-electron chi connectivity index (χ3n) is 5.18. The smallest absolute Gasteiger partial charge is 0.302 e. The van der Waals surface area contributed by atoms with Crippen LogP contribution in [0.25, 0.3) is 0 Å². The summed E-state index contributed by atoms with van der Waals surface area (Å²) in [6, 6.07) is 14.7. The van der Waals surface area contributed by atoms with Crippen molar-refractivity contribution in [2.24, 2.45) is 0 Å². The van der Waals surface area contributed by atoms with Gasteiger partial charge in [-0.3, -0.25) is 4.90 Å². The standard InChI is InChI=1S/C21H25BN2O3/c1-14(2)16-5-3-4-6-17(16)18-13-24(10-9-23-18)12-15-7-8-19-20(11-15)27-21(22,25)26-19/h3-8,11,14,18,23,25H,9-10,12-13H2,1-2H3. The van der Waals surface area contributed by atoms with Crippen LogP contribution in [0.1, 0.15) is 42.5 Å². The van der Waals surface area contributed by atoms with Crippen LogP contribution in [0.5, 0.6) is 11.5 Å². The van der Waals surface area contributed by atoms with E-state index in [1.165, 1.54) is 11.1 Å².